The van der Waals surface area contributed by atoms with Gasteiger partial charge in [0.25, 0.3) is 10.0 Å². The number of anilines is 1. The topological polar surface area (TPSA) is 140 Å². The normalized spacial score (nSPS) is 11.9. The Hall–Kier alpha value is -2.50. The molecule has 3 rings (SSSR count). The summed E-state index contributed by atoms with van der Waals surface area (Å²) in [6.45, 7) is -0.108. The van der Waals surface area contributed by atoms with Gasteiger partial charge in [0.05, 0.1) is 6.54 Å². The molecule has 0 aliphatic rings. The number of nitrogens with two attached hydrogens (primary N) is 1. The number of hydrogen-bond acceptors (Lipinski definition) is 8. The van der Waals surface area contributed by atoms with Crippen LogP contribution in [-0.2, 0) is 16.6 Å². The molecule has 3 heterocycles. The van der Waals surface area contributed by atoms with Crippen LogP contribution in [0.25, 0.3) is 5.65 Å². The van der Waals surface area contributed by atoms with Crippen molar-refractivity contribution in [3.05, 3.63) is 36.6 Å². The van der Waals surface area contributed by atoms with Gasteiger partial charge in [0, 0.05) is 6.20 Å². The maximum Gasteiger partial charge on any atom is 0.260 e. The van der Waals surface area contributed by atoms with Gasteiger partial charge in [0.2, 0.25) is 6.39 Å². The number of nitrogen functional groups attached to an aromatic ring is 1. The summed E-state index contributed by atoms with van der Waals surface area (Å²) in [4.78, 5) is 7.84. The molecule has 0 aromatic carbocycles. The zero-order chi connectivity index (χ0) is 14.9. The van der Waals surface area contributed by atoms with Crippen LogP contribution in [0.1, 0.15) is 5.82 Å². The minimum absolute atomic E-state index is 0.0433. The lowest BCUT2D eigenvalue weighted by molar-refractivity contribution is 0.409. The number of nitrogens with zero attached hydrogens (tertiary/aromatic N) is 4. The fourth-order valence-corrected chi connectivity index (χ4v) is 3.05. The average molecular weight is 309 g/mol. The van der Waals surface area contributed by atoms with Gasteiger partial charge in [-0.3, -0.25) is 4.40 Å². The Labute approximate surface area is 119 Å². The Morgan fingerprint density at radius 3 is 2.95 bits per heavy atom. The Bertz CT molecular complexity index is 856. The van der Waals surface area contributed by atoms with Gasteiger partial charge < -0.3 is 9.95 Å². The summed E-state index contributed by atoms with van der Waals surface area (Å²) in [5.41, 5.74) is 2.73. The van der Waals surface area contributed by atoms with E-state index in [0.717, 1.165) is 6.39 Å². The van der Waals surface area contributed by atoms with Crippen molar-refractivity contribution in [3.8, 4) is 0 Å². The van der Waals surface area contributed by atoms with Crippen LogP contribution in [0, 0.1) is 0 Å². The van der Waals surface area contributed by atoms with Gasteiger partial charge in [-0.1, -0.05) is 11.2 Å². The third-order valence-corrected chi connectivity index (χ3v) is 4.13. The summed E-state index contributed by atoms with van der Waals surface area (Å²) < 4.78 is 33.2. The predicted molar refractivity (Wildman–Crippen MR) is 71.3 cm³/mol. The van der Waals surface area contributed by atoms with Crippen molar-refractivity contribution in [1.82, 2.24) is 24.2 Å². The molecule has 0 fully saturated rings. The summed E-state index contributed by atoms with van der Waals surface area (Å²) in [6, 6.07) is 5.10. The molecule has 110 valence electrons. The Morgan fingerprint density at radius 2 is 2.24 bits per heavy atom. The largest absolute Gasteiger partial charge is 0.343 e. The second-order valence-corrected chi connectivity index (χ2v) is 5.69. The zero-order valence-corrected chi connectivity index (χ0v) is 11.4. The van der Waals surface area contributed by atoms with E-state index < -0.39 is 10.0 Å². The van der Waals surface area contributed by atoms with Crippen molar-refractivity contribution in [1.29, 1.82) is 0 Å². The molecule has 0 unspecified atom stereocenters. The summed E-state index contributed by atoms with van der Waals surface area (Å²) in [7, 11) is -3.88. The highest BCUT2D eigenvalue weighted by Crippen LogP contribution is 2.21. The first-order valence-electron chi connectivity index (χ1n) is 5.80. The molecule has 0 amide bonds. The number of aromatic nitrogens is 4. The highest BCUT2D eigenvalue weighted by molar-refractivity contribution is 7.89. The van der Waals surface area contributed by atoms with Crippen molar-refractivity contribution >= 4 is 21.5 Å². The number of sulfonamides is 1. The van der Waals surface area contributed by atoms with Crippen molar-refractivity contribution in [2.75, 3.05) is 5.43 Å². The van der Waals surface area contributed by atoms with E-state index in [4.69, 9.17) is 5.84 Å². The van der Waals surface area contributed by atoms with E-state index in [-0.39, 0.29) is 23.2 Å². The highest BCUT2D eigenvalue weighted by Gasteiger charge is 2.25. The SMILES string of the molecule is NNc1nc2ccccn2c1S(=O)(=O)NCc1ncon1. The molecule has 4 N–H and O–H groups in total. The second-order valence-electron chi connectivity index (χ2n) is 4.01. The Morgan fingerprint density at radius 1 is 1.38 bits per heavy atom. The van der Waals surface area contributed by atoms with Gasteiger partial charge >= 0.3 is 0 Å². The molecule has 3 aromatic rings. The number of imidazole rings is 1. The molecule has 0 aliphatic heterocycles. The number of rotatable bonds is 5. The van der Waals surface area contributed by atoms with Gasteiger partial charge in [-0.25, -0.2) is 24.0 Å². The van der Waals surface area contributed by atoms with Gasteiger partial charge in [0.1, 0.15) is 5.65 Å². The first-order valence-corrected chi connectivity index (χ1v) is 7.29. The summed E-state index contributed by atoms with van der Waals surface area (Å²) in [6.07, 6.45) is 2.69. The lowest BCUT2D eigenvalue weighted by Crippen LogP contribution is -2.26. The average Bonchev–Trinajstić information content (AvgIpc) is 3.12. The maximum absolute atomic E-state index is 12.4. The standard InChI is InChI=1S/C10H11N7O3S/c11-15-9-10(17-4-2-1-3-8(17)14-9)21(18,19)13-5-7-12-6-20-16-7/h1-4,6,13,15H,5,11H2. The molecule has 0 spiro atoms. The smallest absolute Gasteiger partial charge is 0.260 e. The van der Waals surface area contributed by atoms with Gasteiger partial charge in [-0.15, -0.1) is 0 Å². The summed E-state index contributed by atoms with van der Waals surface area (Å²) in [5.74, 6) is 5.60. The number of nitrogens with one attached hydrogen (secondary N) is 2. The third kappa shape index (κ3) is 2.44. The van der Waals surface area contributed by atoms with Crippen molar-refractivity contribution < 1.29 is 12.9 Å². The molecule has 21 heavy (non-hydrogen) atoms. The molecule has 0 saturated heterocycles. The van der Waals surface area contributed by atoms with E-state index in [1.807, 2.05) is 0 Å². The van der Waals surface area contributed by atoms with E-state index in [9.17, 15) is 8.42 Å². The van der Waals surface area contributed by atoms with E-state index in [2.05, 4.69) is 29.8 Å². The van der Waals surface area contributed by atoms with Gasteiger partial charge in [-0.05, 0) is 12.1 Å². The minimum Gasteiger partial charge on any atom is -0.343 e. The molecule has 0 radical (unpaired) electrons. The van der Waals surface area contributed by atoms with Crippen LogP contribution in [-0.4, -0.2) is 27.9 Å². The maximum atomic E-state index is 12.4. The number of pyridine rings is 1. The Kier molecular flexibility index (Phi) is 3.29. The monoisotopic (exact) mass is 309 g/mol. The van der Waals surface area contributed by atoms with Crippen LogP contribution in [0.2, 0.25) is 0 Å². The summed E-state index contributed by atoms with van der Waals surface area (Å²) >= 11 is 0. The first kappa shape index (κ1) is 13.5. The Balaban J connectivity index is 2.01. The molecule has 10 nitrogen and oxygen atoms in total. The second kappa shape index (κ2) is 5.12. The first-order chi connectivity index (χ1) is 10.1. The van der Waals surface area contributed by atoms with Crippen LogP contribution in [0.3, 0.4) is 0 Å². The number of hydrazine groups is 1. The fourth-order valence-electron chi connectivity index (χ4n) is 1.82. The third-order valence-electron chi connectivity index (χ3n) is 2.70. The van der Waals surface area contributed by atoms with Crippen LogP contribution in [0.15, 0.2) is 40.3 Å². The van der Waals surface area contributed by atoms with Crippen LogP contribution in [0.5, 0.6) is 0 Å². The fraction of sp³-hybridized carbons (Fsp3) is 0.100. The quantitative estimate of drug-likeness (QED) is 0.422. The molecular formula is C10H11N7O3S. The zero-order valence-electron chi connectivity index (χ0n) is 10.6. The lowest BCUT2D eigenvalue weighted by atomic mass is 10.5. The molecule has 0 atom stereocenters. The van der Waals surface area contributed by atoms with Crippen LogP contribution < -0.4 is 16.0 Å². The molecular weight excluding hydrogens is 298 g/mol. The van der Waals surface area contributed by atoms with E-state index in [1.165, 1.54) is 4.40 Å². The van der Waals surface area contributed by atoms with Crippen LogP contribution in [0.4, 0.5) is 5.82 Å². The molecule has 11 heteroatoms. The molecule has 3 aromatic heterocycles. The van der Waals surface area contributed by atoms with Crippen LogP contribution >= 0.6 is 0 Å². The lowest BCUT2D eigenvalue weighted by Gasteiger charge is -2.06. The minimum atomic E-state index is -3.88. The van der Waals surface area contributed by atoms with Crippen molar-refractivity contribution in [3.63, 3.8) is 0 Å². The highest BCUT2D eigenvalue weighted by atomic mass is 32.2. The molecule has 0 aliphatic carbocycles. The van der Waals surface area contributed by atoms with Crippen molar-refractivity contribution in [2.24, 2.45) is 5.84 Å². The molecule has 0 bridgehead atoms. The van der Waals surface area contributed by atoms with Crippen molar-refractivity contribution in [2.45, 2.75) is 11.6 Å². The van der Waals surface area contributed by atoms with Gasteiger partial charge in [0.15, 0.2) is 16.7 Å². The number of hydrogen-bond donors (Lipinski definition) is 3. The molecule has 0 saturated carbocycles. The number of fused-ring (bicyclic) bond motifs is 1. The van der Waals surface area contributed by atoms with E-state index in [1.54, 1.807) is 24.4 Å². The predicted octanol–water partition coefficient (Wildman–Crippen LogP) is -0.519. The van der Waals surface area contributed by atoms with E-state index in [0.29, 0.717) is 5.65 Å². The summed E-state index contributed by atoms with van der Waals surface area (Å²) in [5, 5.41) is 3.44. The van der Waals surface area contributed by atoms with E-state index >= 15 is 0 Å². The van der Waals surface area contributed by atoms with Gasteiger partial charge in [-0.2, -0.15) is 4.98 Å².